The molecule has 0 fully saturated rings. The molecule has 1 heterocycles. The molecule has 0 aliphatic rings. The normalized spacial score (nSPS) is 12.6. The molecule has 3 N–H and O–H groups in total. The molecule has 0 aliphatic heterocycles. The van der Waals surface area contributed by atoms with Crippen molar-refractivity contribution in [2.45, 2.75) is 45.1 Å². The van der Waals surface area contributed by atoms with Crippen molar-refractivity contribution in [3.8, 4) is 0 Å². The van der Waals surface area contributed by atoms with E-state index in [1.807, 2.05) is 24.7 Å². The van der Waals surface area contributed by atoms with Gasteiger partial charge in [0.15, 0.2) is 0 Å². The van der Waals surface area contributed by atoms with E-state index >= 15 is 0 Å². The molecule has 1 rings (SSSR count). The van der Waals surface area contributed by atoms with Crippen LogP contribution in [0.4, 0.5) is 0 Å². The molecule has 4 nitrogen and oxygen atoms in total. The van der Waals surface area contributed by atoms with Crippen molar-refractivity contribution in [1.29, 1.82) is 0 Å². The van der Waals surface area contributed by atoms with Gasteiger partial charge in [-0.05, 0) is 32.3 Å². The van der Waals surface area contributed by atoms with E-state index in [1.165, 1.54) is 19.3 Å². The predicted octanol–water partition coefficient (Wildman–Crippen LogP) is 2.37. The number of aryl methyl sites for hydroxylation is 2. The topological polar surface area (TPSA) is 55.9 Å². The summed E-state index contributed by atoms with van der Waals surface area (Å²) < 4.78 is 1.91. The molecule has 0 aromatic carbocycles. The molecule has 96 valence electrons. The number of allylic oxidation sites excluding steroid dienone is 1. The zero-order valence-electron chi connectivity index (χ0n) is 10.9. The number of aromatic nitrogens is 2. The maximum Gasteiger partial charge on any atom is 0.0629 e. The number of nitrogens with one attached hydrogen (secondary N) is 1. The highest BCUT2D eigenvalue weighted by atomic mass is 15.3. The van der Waals surface area contributed by atoms with Crippen molar-refractivity contribution in [2.75, 3.05) is 0 Å². The summed E-state index contributed by atoms with van der Waals surface area (Å²) in [4.78, 5) is 0. The molecule has 0 aliphatic carbocycles. The first-order valence-electron chi connectivity index (χ1n) is 6.26. The fourth-order valence-corrected chi connectivity index (χ4v) is 2.09. The molecule has 1 atom stereocenters. The summed E-state index contributed by atoms with van der Waals surface area (Å²) >= 11 is 0. The Morgan fingerprint density at radius 1 is 1.53 bits per heavy atom. The maximum absolute atomic E-state index is 5.62. The minimum absolute atomic E-state index is 0.199. The van der Waals surface area contributed by atoms with E-state index < -0.39 is 0 Å². The summed E-state index contributed by atoms with van der Waals surface area (Å²) in [6.07, 6.45) is 7.74. The largest absolute Gasteiger partial charge is 0.271 e. The number of hydrogen-bond donors (Lipinski definition) is 2. The summed E-state index contributed by atoms with van der Waals surface area (Å²) in [6.45, 7) is 5.73. The van der Waals surface area contributed by atoms with E-state index in [-0.39, 0.29) is 6.04 Å². The van der Waals surface area contributed by atoms with Crippen molar-refractivity contribution in [1.82, 2.24) is 15.2 Å². The molecule has 0 saturated heterocycles. The van der Waals surface area contributed by atoms with Crippen LogP contribution in [0.2, 0.25) is 0 Å². The van der Waals surface area contributed by atoms with Gasteiger partial charge in [0, 0.05) is 7.05 Å². The van der Waals surface area contributed by atoms with Crippen LogP contribution < -0.4 is 11.3 Å². The average Bonchev–Trinajstić information content (AvgIpc) is 2.63. The third-order valence-corrected chi connectivity index (χ3v) is 3.00. The minimum atomic E-state index is 0.199. The fraction of sp³-hybridized carbons (Fsp3) is 0.615. The van der Waals surface area contributed by atoms with Gasteiger partial charge in [0.05, 0.1) is 17.4 Å². The van der Waals surface area contributed by atoms with E-state index in [4.69, 9.17) is 5.84 Å². The zero-order chi connectivity index (χ0) is 12.7. The molecule has 17 heavy (non-hydrogen) atoms. The second-order valence-electron chi connectivity index (χ2n) is 4.48. The summed E-state index contributed by atoms with van der Waals surface area (Å²) in [5, 5.41) is 4.35. The number of unbranched alkanes of at least 4 members (excludes halogenated alkanes) is 3. The van der Waals surface area contributed by atoms with Gasteiger partial charge in [-0.3, -0.25) is 16.0 Å². The summed E-state index contributed by atoms with van der Waals surface area (Å²) in [5.41, 5.74) is 5.08. The molecule has 4 heteroatoms. The van der Waals surface area contributed by atoms with Crippen LogP contribution in [0.3, 0.4) is 0 Å². The van der Waals surface area contributed by atoms with E-state index in [2.05, 4.69) is 23.2 Å². The fourth-order valence-electron chi connectivity index (χ4n) is 2.09. The first-order chi connectivity index (χ1) is 8.19. The molecule has 1 aromatic rings. The van der Waals surface area contributed by atoms with Gasteiger partial charge >= 0.3 is 0 Å². The van der Waals surface area contributed by atoms with Gasteiger partial charge < -0.3 is 0 Å². The monoisotopic (exact) mass is 236 g/mol. The van der Waals surface area contributed by atoms with E-state index in [0.717, 1.165) is 24.2 Å². The molecule has 0 saturated carbocycles. The second-order valence-corrected chi connectivity index (χ2v) is 4.48. The molecule has 1 aromatic heterocycles. The molecule has 0 spiro atoms. The van der Waals surface area contributed by atoms with Gasteiger partial charge in [-0.2, -0.15) is 5.10 Å². The Labute approximate surface area is 104 Å². The third kappa shape index (κ3) is 4.32. The zero-order valence-corrected chi connectivity index (χ0v) is 10.9. The first-order valence-corrected chi connectivity index (χ1v) is 6.26. The quantitative estimate of drug-likeness (QED) is 0.315. The lowest BCUT2D eigenvalue weighted by Crippen LogP contribution is -2.29. The van der Waals surface area contributed by atoms with Crippen LogP contribution in [-0.2, 0) is 7.05 Å². The predicted molar refractivity (Wildman–Crippen MR) is 71.3 cm³/mol. The van der Waals surface area contributed by atoms with Gasteiger partial charge in [-0.25, -0.2) is 0 Å². The molecule has 1 unspecified atom stereocenters. The number of hydrazine groups is 1. The van der Waals surface area contributed by atoms with Gasteiger partial charge in [0.25, 0.3) is 0 Å². The van der Waals surface area contributed by atoms with Crippen LogP contribution in [0.5, 0.6) is 0 Å². The van der Waals surface area contributed by atoms with Crippen LogP contribution in [-0.4, -0.2) is 9.78 Å². The molecular formula is C13H24N4. The van der Waals surface area contributed by atoms with Crippen LogP contribution in [0.25, 0.3) is 0 Å². The highest BCUT2D eigenvalue weighted by Crippen LogP contribution is 2.19. The van der Waals surface area contributed by atoms with E-state index in [1.54, 1.807) is 0 Å². The molecular weight excluding hydrogens is 212 g/mol. The van der Waals surface area contributed by atoms with Crippen molar-refractivity contribution in [2.24, 2.45) is 12.9 Å². The van der Waals surface area contributed by atoms with Crippen LogP contribution in [0.15, 0.2) is 18.7 Å². The Morgan fingerprint density at radius 3 is 2.82 bits per heavy atom. The summed E-state index contributed by atoms with van der Waals surface area (Å²) in [7, 11) is 1.96. The number of nitrogens with two attached hydrogens (primary N) is 1. The molecule has 0 radical (unpaired) electrons. The highest BCUT2D eigenvalue weighted by molar-refractivity contribution is 5.12. The lowest BCUT2D eigenvalue weighted by atomic mass is 10.0. The Kier molecular flexibility index (Phi) is 5.94. The highest BCUT2D eigenvalue weighted by Gasteiger charge is 2.13. The Hall–Kier alpha value is -1.13. The van der Waals surface area contributed by atoms with Crippen molar-refractivity contribution in [3.63, 3.8) is 0 Å². The second kappa shape index (κ2) is 7.25. The Balaban J connectivity index is 2.43. The molecule has 0 amide bonds. The number of hydrogen-bond acceptors (Lipinski definition) is 3. The van der Waals surface area contributed by atoms with Crippen molar-refractivity contribution < 1.29 is 0 Å². The Morgan fingerprint density at radius 2 is 2.29 bits per heavy atom. The lowest BCUT2D eigenvalue weighted by molar-refractivity contribution is 0.456. The number of rotatable bonds is 8. The van der Waals surface area contributed by atoms with E-state index in [0.29, 0.717) is 0 Å². The van der Waals surface area contributed by atoms with Crippen LogP contribution in [0, 0.1) is 6.92 Å². The minimum Gasteiger partial charge on any atom is -0.271 e. The first kappa shape index (κ1) is 13.9. The Bertz CT molecular complexity index is 343. The van der Waals surface area contributed by atoms with E-state index in [9.17, 15) is 0 Å². The van der Waals surface area contributed by atoms with Crippen molar-refractivity contribution >= 4 is 0 Å². The van der Waals surface area contributed by atoms with Crippen LogP contribution in [0.1, 0.15) is 49.5 Å². The van der Waals surface area contributed by atoms with Gasteiger partial charge in [0.1, 0.15) is 0 Å². The lowest BCUT2D eigenvalue weighted by Gasteiger charge is -2.15. The summed E-state index contributed by atoms with van der Waals surface area (Å²) in [5.74, 6) is 5.62. The average molecular weight is 236 g/mol. The smallest absolute Gasteiger partial charge is 0.0629 e. The summed E-state index contributed by atoms with van der Waals surface area (Å²) in [6, 6.07) is 2.29. The van der Waals surface area contributed by atoms with Gasteiger partial charge in [-0.1, -0.05) is 18.9 Å². The number of nitrogens with zero attached hydrogens (tertiary/aromatic N) is 2. The SMILES string of the molecule is C=CCCCCCC(NN)c1cc(C)nn1C. The van der Waals surface area contributed by atoms with Gasteiger partial charge in [-0.15, -0.1) is 6.58 Å². The van der Waals surface area contributed by atoms with Gasteiger partial charge in [0.2, 0.25) is 0 Å². The standard InChI is InChI=1S/C13H24N4/c1-4-5-6-7-8-9-12(15-14)13-10-11(2)16-17(13)3/h4,10,12,15H,1,5-9,14H2,2-3H3. The third-order valence-electron chi connectivity index (χ3n) is 3.00. The van der Waals surface area contributed by atoms with Crippen molar-refractivity contribution in [3.05, 3.63) is 30.1 Å². The van der Waals surface area contributed by atoms with Crippen LogP contribution >= 0.6 is 0 Å². The molecule has 0 bridgehead atoms. The maximum atomic E-state index is 5.62.